The van der Waals surface area contributed by atoms with Crippen molar-refractivity contribution in [1.29, 1.82) is 0 Å². The van der Waals surface area contributed by atoms with Crippen molar-refractivity contribution in [3.8, 4) is 10.4 Å². The third-order valence-corrected chi connectivity index (χ3v) is 5.28. The Balaban J connectivity index is 1.68. The molecule has 4 rings (SSSR count). The molecule has 0 aliphatic heterocycles. The molecular formula is C19H15FN2OS. The van der Waals surface area contributed by atoms with Gasteiger partial charge in [-0.25, -0.2) is 4.39 Å². The zero-order valence-electron chi connectivity index (χ0n) is 13.1. The maximum Gasteiger partial charge on any atom is 0.192 e. The van der Waals surface area contributed by atoms with Gasteiger partial charge in [-0.1, -0.05) is 18.2 Å². The molecule has 0 saturated heterocycles. The summed E-state index contributed by atoms with van der Waals surface area (Å²) in [5, 5.41) is 6.11. The Morgan fingerprint density at radius 3 is 2.92 bits per heavy atom. The number of aryl methyl sites for hydroxylation is 1. The van der Waals surface area contributed by atoms with Gasteiger partial charge in [0.1, 0.15) is 5.82 Å². The Labute approximate surface area is 143 Å². The molecule has 3 aromatic rings. The number of fused-ring (bicyclic) bond motifs is 1. The van der Waals surface area contributed by atoms with E-state index in [2.05, 4.69) is 5.10 Å². The molecular weight excluding hydrogens is 323 g/mol. The molecule has 120 valence electrons. The van der Waals surface area contributed by atoms with Crippen molar-refractivity contribution in [2.75, 3.05) is 0 Å². The average Bonchev–Trinajstić information content (AvgIpc) is 3.22. The fourth-order valence-corrected chi connectivity index (χ4v) is 3.78. The quantitative estimate of drug-likeness (QED) is 0.645. The lowest BCUT2D eigenvalue weighted by atomic mass is 9.90. The van der Waals surface area contributed by atoms with Gasteiger partial charge in [0, 0.05) is 28.8 Å². The first-order chi connectivity index (χ1) is 11.6. The van der Waals surface area contributed by atoms with Crippen molar-refractivity contribution < 1.29 is 9.18 Å². The zero-order chi connectivity index (χ0) is 16.7. The fourth-order valence-electron chi connectivity index (χ4n) is 3.05. The van der Waals surface area contributed by atoms with Crippen molar-refractivity contribution in [2.45, 2.75) is 12.8 Å². The largest absolute Gasteiger partial charge is 0.289 e. The molecule has 0 saturated carbocycles. The molecule has 1 aromatic carbocycles. The highest BCUT2D eigenvalue weighted by Crippen LogP contribution is 2.29. The molecule has 0 fully saturated rings. The highest BCUT2D eigenvalue weighted by Gasteiger charge is 2.25. The molecule has 0 N–H and O–H groups in total. The number of carbonyl (C=O) groups is 1. The van der Waals surface area contributed by atoms with Gasteiger partial charge in [0.25, 0.3) is 0 Å². The van der Waals surface area contributed by atoms with Gasteiger partial charge in [-0.15, -0.1) is 11.3 Å². The van der Waals surface area contributed by atoms with Crippen LogP contribution in [0.1, 0.15) is 28.0 Å². The van der Waals surface area contributed by atoms with Crippen LogP contribution in [-0.4, -0.2) is 15.6 Å². The number of hydrogen-bond acceptors (Lipinski definition) is 3. The third kappa shape index (κ3) is 2.51. The number of allylic oxidation sites excluding steroid dienone is 1. The number of aromatic nitrogens is 2. The maximum absolute atomic E-state index is 14.5. The monoisotopic (exact) mass is 338 g/mol. The first kappa shape index (κ1) is 15.0. The first-order valence-corrected chi connectivity index (χ1v) is 8.61. The smallest absolute Gasteiger partial charge is 0.192 e. The van der Waals surface area contributed by atoms with Crippen LogP contribution in [0.2, 0.25) is 0 Å². The van der Waals surface area contributed by atoms with E-state index in [1.54, 1.807) is 34.4 Å². The van der Waals surface area contributed by atoms with E-state index in [-0.39, 0.29) is 11.6 Å². The minimum atomic E-state index is -0.307. The Hall–Kier alpha value is -2.53. The molecule has 0 unspecified atom stereocenters. The number of ketones is 1. The summed E-state index contributed by atoms with van der Waals surface area (Å²) < 4.78 is 16.2. The average molecular weight is 338 g/mol. The van der Waals surface area contributed by atoms with Crippen LogP contribution >= 0.6 is 11.3 Å². The number of Topliss-reactive ketones (excluding diaryl/α,β-unsaturated/α-hetero) is 1. The second-order valence-electron chi connectivity index (χ2n) is 5.84. The second kappa shape index (κ2) is 5.83. The van der Waals surface area contributed by atoms with E-state index in [9.17, 15) is 9.18 Å². The first-order valence-electron chi connectivity index (χ1n) is 7.73. The van der Waals surface area contributed by atoms with Gasteiger partial charge in [-0.3, -0.25) is 9.48 Å². The van der Waals surface area contributed by atoms with Crippen LogP contribution in [0.15, 0.2) is 47.5 Å². The van der Waals surface area contributed by atoms with Crippen molar-refractivity contribution >= 4 is 23.2 Å². The molecule has 0 amide bonds. The van der Waals surface area contributed by atoms with Crippen LogP contribution in [0.5, 0.6) is 0 Å². The van der Waals surface area contributed by atoms with Gasteiger partial charge in [0.05, 0.1) is 11.8 Å². The van der Waals surface area contributed by atoms with Gasteiger partial charge in [0.15, 0.2) is 5.78 Å². The van der Waals surface area contributed by atoms with Crippen molar-refractivity contribution in [2.24, 2.45) is 7.05 Å². The van der Waals surface area contributed by atoms with Crippen molar-refractivity contribution in [1.82, 2.24) is 9.78 Å². The number of nitrogens with zero attached hydrogens (tertiary/aromatic N) is 2. The molecule has 0 atom stereocenters. The number of carbonyl (C=O) groups excluding carboxylic acids is 1. The van der Waals surface area contributed by atoms with E-state index >= 15 is 0 Å². The van der Waals surface area contributed by atoms with Gasteiger partial charge in [-0.05, 0) is 42.0 Å². The minimum absolute atomic E-state index is 0.0499. The van der Waals surface area contributed by atoms with E-state index in [4.69, 9.17) is 0 Å². The third-order valence-electron chi connectivity index (χ3n) is 4.36. The molecule has 2 aromatic heterocycles. The molecule has 2 heterocycles. The van der Waals surface area contributed by atoms with Crippen LogP contribution in [0.4, 0.5) is 4.39 Å². The summed E-state index contributed by atoms with van der Waals surface area (Å²) in [6.45, 7) is 0. The molecule has 1 aliphatic rings. The molecule has 0 radical (unpaired) electrons. The molecule has 24 heavy (non-hydrogen) atoms. The molecule has 0 bridgehead atoms. The van der Waals surface area contributed by atoms with Crippen LogP contribution in [0.3, 0.4) is 0 Å². The Bertz CT molecular complexity index is 954. The summed E-state index contributed by atoms with van der Waals surface area (Å²) in [4.78, 5) is 13.6. The van der Waals surface area contributed by atoms with Gasteiger partial charge < -0.3 is 0 Å². The standard InChI is InChI=1S/C19H15FN2OS/c1-22-17-7-6-14(19(23)15(17)11-21-22)9-12-4-5-13(10-16(12)20)18-3-2-8-24-18/h2-5,8-11H,6-7H2,1H3/b14-9+. The van der Waals surface area contributed by atoms with Gasteiger partial charge in [0.2, 0.25) is 0 Å². The zero-order valence-corrected chi connectivity index (χ0v) is 13.9. The van der Waals surface area contributed by atoms with Crippen LogP contribution in [0.25, 0.3) is 16.5 Å². The summed E-state index contributed by atoms with van der Waals surface area (Å²) in [5.74, 6) is -0.357. The summed E-state index contributed by atoms with van der Waals surface area (Å²) >= 11 is 1.58. The van der Waals surface area contributed by atoms with Crippen LogP contribution in [-0.2, 0) is 13.5 Å². The normalized spacial score (nSPS) is 15.8. The lowest BCUT2D eigenvalue weighted by Crippen LogP contribution is -2.15. The van der Waals surface area contributed by atoms with E-state index in [0.29, 0.717) is 23.1 Å². The summed E-state index contributed by atoms with van der Waals surface area (Å²) in [5.41, 5.74) is 3.52. The topological polar surface area (TPSA) is 34.9 Å². The maximum atomic E-state index is 14.5. The van der Waals surface area contributed by atoms with Gasteiger partial charge >= 0.3 is 0 Å². The number of thiophene rings is 1. The molecule has 0 spiro atoms. The number of halogens is 1. The SMILES string of the molecule is Cn1ncc2c1CC/C(=C\c1ccc(-c3cccs3)cc1F)C2=O. The Morgan fingerprint density at radius 2 is 2.17 bits per heavy atom. The molecule has 5 heteroatoms. The van der Waals surface area contributed by atoms with Crippen molar-refractivity contribution in [3.63, 3.8) is 0 Å². The number of benzene rings is 1. The summed E-state index contributed by atoms with van der Waals surface area (Å²) in [6.07, 6.45) is 4.63. The van der Waals surface area contributed by atoms with E-state index < -0.39 is 0 Å². The van der Waals surface area contributed by atoms with Crippen LogP contribution < -0.4 is 0 Å². The Kier molecular flexibility index (Phi) is 3.65. The highest BCUT2D eigenvalue weighted by atomic mass is 32.1. The van der Waals surface area contributed by atoms with Crippen LogP contribution in [0, 0.1) is 5.82 Å². The number of rotatable bonds is 2. The van der Waals surface area contributed by atoms with E-state index in [1.165, 1.54) is 6.07 Å². The van der Waals surface area contributed by atoms with E-state index in [0.717, 1.165) is 22.6 Å². The summed E-state index contributed by atoms with van der Waals surface area (Å²) in [6, 6.07) is 9.07. The molecule has 3 nitrogen and oxygen atoms in total. The summed E-state index contributed by atoms with van der Waals surface area (Å²) in [7, 11) is 1.84. The molecule has 1 aliphatic carbocycles. The van der Waals surface area contributed by atoms with Crippen molar-refractivity contribution in [3.05, 3.63) is 70.1 Å². The predicted octanol–water partition coefficient (Wildman–Crippen LogP) is 4.50. The minimum Gasteiger partial charge on any atom is -0.289 e. The predicted molar refractivity (Wildman–Crippen MR) is 93.5 cm³/mol. The van der Waals surface area contributed by atoms with E-state index in [1.807, 2.05) is 30.6 Å². The lowest BCUT2D eigenvalue weighted by Gasteiger charge is -2.14. The fraction of sp³-hybridized carbons (Fsp3) is 0.158. The van der Waals surface area contributed by atoms with Gasteiger partial charge in [-0.2, -0.15) is 5.10 Å². The second-order valence-corrected chi connectivity index (χ2v) is 6.79. The Morgan fingerprint density at radius 1 is 1.29 bits per heavy atom. The highest BCUT2D eigenvalue weighted by molar-refractivity contribution is 7.13. The number of hydrogen-bond donors (Lipinski definition) is 0. The lowest BCUT2D eigenvalue weighted by molar-refractivity contribution is 0.102.